The van der Waals surface area contributed by atoms with Crippen LogP contribution in [0.5, 0.6) is 5.75 Å². The molecule has 0 radical (unpaired) electrons. The van der Waals surface area contributed by atoms with Crippen molar-refractivity contribution in [1.29, 1.82) is 0 Å². The molecule has 30 heavy (non-hydrogen) atoms. The highest BCUT2D eigenvalue weighted by Gasteiger charge is 2.53. The molecule has 2 atom stereocenters. The van der Waals surface area contributed by atoms with Gasteiger partial charge in [-0.3, -0.25) is 14.4 Å². The van der Waals surface area contributed by atoms with Gasteiger partial charge in [0.1, 0.15) is 11.8 Å². The maximum Gasteiger partial charge on any atom is 0.573 e. The van der Waals surface area contributed by atoms with Crippen molar-refractivity contribution in [3.63, 3.8) is 0 Å². The Morgan fingerprint density at radius 2 is 1.97 bits per heavy atom. The quantitative estimate of drug-likeness (QED) is 0.752. The molecule has 2 saturated heterocycles. The summed E-state index contributed by atoms with van der Waals surface area (Å²) >= 11 is 0. The maximum atomic E-state index is 12.5. The van der Waals surface area contributed by atoms with Crippen LogP contribution in [0.1, 0.15) is 32.3 Å². The first kappa shape index (κ1) is 21.9. The zero-order chi connectivity index (χ0) is 22.1. The predicted octanol–water partition coefficient (Wildman–Crippen LogP) is 1.96. The number of alkyl halides is 3. The zero-order valence-electron chi connectivity index (χ0n) is 16.7. The molecule has 2 aliphatic rings. The Morgan fingerprint density at radius 3 is 2.57 bits per heavy atom. The van der Waals surface area contributed by atoms with E-state index in [4.69, 9.17) is 0 Å². The van der Waals surface area contributed by atoms with E-state index in [-0.39, 0.29) is 35.9 Å². The monoisotopic (exact) mass is 427 g/mol. The summed E-state index contributed by atoms with van der Waals surface area (Å²) in [4.78, 5) is 38.9. The van der Waals surface area contributed by atoms with Crippen LogP contribution in [-0.4, -0.2) is 48.1 Å². The highest BCUT2D eigenvalue weighted by atomic mass is 19.4. The summed E-state index contributed by atoms with van der Waals surface area (Å²) in [7, 11) is 0. The molecule has 10 heteroatoms. The summed E-state index contributed by atoms with van der Waals surface area (Å²) in [6, 6.07) is 4.46. The number of likely N-dealkylation sites (tertiary alicyclic amines) is 1. The van der Waals surface area contributed by atoms with Gasteiger partial charge in [-0.2, -0.15) is 0 Å². The van der Waals surface area contributed by atoms with Gasteiger partial charge in [-0.15, -0.1) is 13.2 Å². The molecule has 0 unspecified atom stereocenters. The Kier molecular flexibility index (Phi) is 5.96. The Hall–Kier alpha value is -2.78. The van der Waals surface area contributed by atoms with Crippen LogP contribution in [0.3, 0.4) is 0 Å². The lowest BCUT2D eigenvalue weighted by atomic mass is 9.84. The van der Waals surface area contributed by atoms with Crippen molar-refractivity contribution in [3.8, 4) is 5.75 Å². The van der Waals surface area contributed by atoms with Gasteiger partial charge < -0.3 is 20.3 Å². The Balaban J connectivity index is 1.53. The van der Waals surface area contributed by atoms with Crippen LogP contribution in [0.2, 0.25) is 0 Å². The van der Waals surface area contributed by atoms with E-state index in [1.165, 1.54) is 24.3 Å². The first-order chi connectivity index (χ1) is 14.0. The second-order valence-electron chi connectivity index (χ2n) is 8.08. The van der Waals surface area contributed by atoms with Crippen LogP contribution in [0.4, 0.5) is 13.2 Å². The highest BCUT2D eigenvalue weighted by molar-refractivity contribution is 5.95. The minimum atomic E-state index is -4.76. The van der Waals surface area contributed by atoms with Crippen molar-refractivity contribution >= 4 is 17.7 Å². The van der Waals surface area contributed by atoms with E-state index in [1.54, 1.807) is 18.7 Å². The summed E-state index contributed by atoms with van der Waals surface area (Å²) in [5.74, 6) is -1.11. The number of carbonyl (C=O) groups excluding carboxylic acids is 3. The number of benzene rings is 1. The summed E-state index contributed by atoms with van der Waals surface area (Å²) in [6.07, 6.45) is -3.94. The lowest BCUT2D eigenvalue weighted by Crippen LogP contribution is -2.41. The van der Waals surface area contributed by atoms with Crippen LogP contribution in [0.25, 0.3) is 0 Å². The van der Waals surface area contributed by atoms with Crippen molar-refractivity contribution in [2.75, 3.05) is 13.1 Å². The van der Waals surface area contributed by atoms with Crippen molar-refractivity contribution in [1.82, 2.24) is 15.5 Å². The largest absolute Gasteiger partial charge is 0.573 e. The van der Waals surface area contributed by atoms with Gasteiger partial charge in [0.15, 0.2) is 0 Å². The second kappa shape index (κ2) is 8.16. The minimum absolute atomic E-state index is 0.00877. The summed E-state index contributed by atoms with van der Waals surface area (Å²) in [5.41, 5.74) is -0.158. The molecule has 3 amide bonds. The van der Waals surface area contributed by atoms with E-state index in [0.29, 0.717) is 31.5 Å². The molecule has 7 nitrogen and oxygen atoms in total. The molecule has 0 aromatic heterocycles. The molecule has 1 spiro atoms. The molecular weight excluding hydrogens is 403 g/mol. The number of carbonyl (C=O) groups is 3. The van der Waals surface area contributed by atoms with E-state index >= 15 is 0 Å². The average Bonchev–Trinajstić information content (AvgIpc) is 3.23. The fourth-order valence-electron chi connectivity index (χ4n) is 3.90. The van der Waals surface area contributed by atoms with Gasteiger partial charge >= 0.3 is 6.36 Å². The van der Waals surface area contributed by atoms with Gasteiger partial charge in [0, 0.05) is 25.6 Å². The lowest BCUT2D eigenvalue weighted by Gasteiger charge is -2.22. The number of hydrogen-bond donors (Lipinski definition) is 2. The molecule has 164 valence electrons. The van der Waals surface area contributed by atoms with Gasteiger partial charge in [0.05, 0.1) is 5.41 Å². The van der Waals surface area contributed by atoms with Crippen molar-refractivity contribution in [2.45, 2.75) is 45.6 Å². The predicted molar refractivity (Wildman–Crippen MR) is 100.0 cm³/mol. The second-order valence-corrected chi connectivity index (χ2v) is 8.08. The van der Waals surface area contributed by atoms with Gasteiger partial charge in [-0.05, 0) is 30.5 Å². The molecule has 1 aromatic carbocycles. The lowest BCUT2D eigenvalue weighted by molar-refractivity contribution is -0.274. The Labute approximate surface area is 171 Å². The molecule has 2 heterocycles. The molecule has 2 fully saturated rings. The van der Waals surface area contributed by atoms with Crippen molar-refractivity contribution in [2.24, 2.45) is 11.3 Å². The molecule has 1 aromatic rings. The van der Waals surface area contributed by atoms with Crippen molar-refractivity contribution < 1.29 is 32.3 Å². The summed E-state index contributed by atoms with van der Waals surface area (Å²) < 4.78 is 40.4. The SMILES string of the molecule is CC(C)C(=O)N1CC[C@]2(C[C@@H](C(=O)NCc3ccc(OC(F)(F)F)cc3)NC2=O)C1. The summed E-state index contributed by atoms with van der Waals surface area (Å²) in [6.45, 7) is 4.51. The maximum absolute atomic E-state index is 12.5. The van der Waals surface area contributed by atoms with E-state index in [2.05, 4.69) is 15.4 Å². The van der Waals surface area contributed by atoms with Crippen LogP contribution >= 0.6 is 0 Å². The van der Waals surface area contributed by atoms with Crippen LogP contribution in [0, 0.1) is 11.3 Å². The zero-order valence-corrected chi connectivity index (χ0v) is 16.7. The first-order valence-electron chi connectivity index (χ1n) is 9.71. The Morgan fingerprint density at radius 1 is 1.30 bits per heavy atom. The van der Waals surface area contributed by atoms with Crippen LogP contribution in [0.15, 0.2) is 24.3 Å². The van der Waals surface area contributed by atoms with Crippen molar-refractivity contribution in [3.05, 3.63) is 29.8 Å². The molecule has 2 aliphatic heterocycles. The molecule has 0 bridgehead atoms. The topological polar surface area (TPSA) is 87.7 Å². The average molecular weight is 427 g/mol. The van der Waals surface area contributed by atoms with Crippen LogP contribution in [-0.2, 0) is 20.9 Å². The van der Waals surface area contributed by atoms with E-state index in [1.807, 2.05) is 0 Å². The third-order valence-corrected chi connectivity index (χ3v) is 5.48. The normalized spacial score (nSPS) is 23.7. The number of halogens is 3. The number of nitrogens with one attached hydrogen (secondary N) is 2. The van der Waals surface area contributed by atoms with E-state index in [0.717, 1.165) is 0 Å². The molecule has 2 N–H and O–H groups in total. The smallest absolute Gasteiger partial charge is 0.406 e. The fourth-order valence-corrected chi connectivity index (χ4v) is 3.90. The standard InChI is InChI=1S/C20H24F3N3O4/c1-12(2)17(28)26-8-7-19(11-26)9-15(25-18(19)29)16(27)24-10-13-3-5-14(6-4-13)30-20(21,22)23/h3-6,12,15H,7-11H2,1-2H3,(H,24,27)(H,25,29)/t15-,19-/m0/s1. The molecule has 0 aliphatic carbocycles. The fraction of sp³-hybridized carbons (Fsp3) is 0.550. The number of nitrogens with zero attached hydrogens (tertiary/aromatic N) is 1. The van der Waals surface area contributed by atoms with Gasteiger partial charge in [0.2, 0.25) is 17.7 Å². The third-order valence-electron chi connectivity index (χ3n) is 5.48. The van der Waals surface area contributed by atoms with Gasteiger partial charge in [0.25, 0.3) is 0 Å². The third kappa shape index (κ3) is 4.85. The molecule has 0 saturated carbocycles. The number of hydrogen-bond acceptors (Lipinski definition) is 4. The highest BCUT2D eigenvalue weighted by Crippen LogP contribution is 2.40. The van der Waals surface area contributed by atoms with E-state index in [9.17, 15) is 27.6 Å². The van der Waals surface area contributed by atoms with Gasteiger partial charge in [-0.25, -0.2) is 0 Å². The van der Waals surface area contributed by atoms with E-state index < -0.39 is 17.8 Å². The van der Waals surface area contributed by atoms with Gasteiger partial charge in [-0.1, -0.05) is 26.0 Å². The number of amides is 3. The molecule has 3 rings (SSSR count). The Bertz CT molecular complexity index is 826. The molecular formula is C20H24F3N3O4. The summed E-state index contributed by atoms with van der Waals surface area (Å²) in [5, 5.41) is 5.40. The minimum Gasteiger partial charge on any atom is -0.406 e. The number of ether oxygens (including phenoxy) is 1. The first-order valence-corrected chi connectivity index (χ1v) is 9.71. The number of rotatable bonds is 5. The van der Waals surface area contributed by atoms with Crippen LogP contribution < -0.4 is 15.4 Å².